The number of nitrogens with one attached hydrogen (secondary N) is 1. The van der Waals surface area contributed by atoms with Crippen molar-refractivity contribution < 1.29 is 32.6 Å². The molecule has 8 heteroatoms. The molecule has 0 aromatic rings. The quantitative estimate of drug-likeness (QED) is 0.815. The zero-order valence-electron chi connectivity index (χ0n) is 11.7. The van der Waals surface area contributed by atoms with Gasteiger partial charge in [0.25, 0.3) is 0 Å². The molecule has 0 bridgehead atoms. The topological polar surface area (TPSA) is 75.6 Å². The van der Waals surface area contributed by atoms with Crippen LogP contribution in [0, 0.1) is 0 Å². The van der Waals surface area contributed by atoms with Crippen LogP contribution in [0.5, 0.6) is 0 Å². The minimum absolute atomic E-state index is 0.249. The number of rotatable bonds is 2. The molecule has 1 rings (SSSR count). The van der Waals surface area contributed by atoms with Crippen LogP contribution in [0.25, 0.3) is 0 Å². The van der Waals surface area contributed by atoms with Gasteiger partial charge in [-0.25, -0.2) is 4.79 Å². The van der Waals surface area contributed by atoms with Crippen molar-refractivity contribution >= 4 is 11.9 Å². The van der Waals surface area contributed by atoms with Gasteiger partial charge >= 0.3 is 18.1 Å². The molecule has 20 heavy (non-hydrogen) atoms. The zero-order chi connectivity index (χ0) is 16.0. The molecule has 0 atom stereocenters. The summed E-state index contributed by atoms with van der Waals surface area (Å²) in [5.74, 6) is -3.76. The van der Waals surface area contributed by atoms with Crippen molar-refractivity contribution in [2.24, 2.45) is 0 Å². The maximum absolute atomic E-state index is 12.4. The van der Waals surface area contributed by atoms with E-state index in [4.69, 9.17) is 4.74 Å². The third kappa shape index (κ3) is 3.62. The van der Waals surface area contributed by atoms with Gasteiger partial charge in [-0.15, -0.1) is 0 Å². The molecule has 0 spiro atoms. The maximum Gasteiger partial charge on any atom is 0.471 e. The number of carbonyl (C=O) groups excluding carboxylic acids is 1. The van der Waals surface area contributed by atoms with Gasteiger partial charge in [0.15, 0.2) is 0 Å². The molecule has 0 aromatic carbocycles. The van der Waals surface area contributed by atoms with E-state index in [1.54, 1.807) is 33.0 Å². The van der Waals surface area contributed by atoms with Gasteiger partial charge in [0, 0.05) is 12.8 Å². The highest BCUT2D eigenvalue weighted by atomic mass is 19.4. The van der Waals surface area contributed by atoms with Crippen molar-refractivity contribution in [3.63, 3.8) is 0 Å². The Kier molecular flexibility index (Phi) is 3.86. The monoisotopic (exact) mass is 297 g/mol. The van der Waals surface area contributed by atoms with E-state index in [0.29, 0.717) is 0 Å². The summed E-state index contributed by atoms with van der Waals surface area (Å²) in [4.78, 5) is 22.6. The number of carbonyl (C=O) groups is 2. The summed E-state index contributed by atoms with van der Waals surface area (Å²) in [7, 11) is 0. The largest absolute Gasteiger partial charge is 0.480 e. The molecule has 0 aliphatic carbocycles. The molecule has 0 aromatic heterocycles. The van der Waals surface area contributed by atoms with Crippen LogP contribution >= 0.6 is 0 Å². The van der Waals surface area contributed by atoms with Crippen LogP contribution < -0.4 is 5.32 Å². The summed E-state index contributed by atoms with van der Waals surface area (Å²) in [5, 5.41) is 11.0. The fourth-order valence-electron chi connectivity index (χ4n) is 2.92. The standard InChI is InChI=1S/C12H18F3NO4/c1-9(2)5-11(8(18)19,6-10(3,4)20-9)16-7(17)12(13,14)15/h5-6H2,1-4H3,(H,16,17)(H,18,19). The van der Waals surface area contributed by atoms with E-state index >= 15 is 0 Å². The summed E-state index contributed by atoms with van der Waals surface area (Å²) >= 11 is 0. The number of aliphatic carboxylic acids is 1. The second kappa shape index (κ2) is 4.61. The van der Waals surface area contributed by atoms with Gasteiger partial charge in [0.2, 0.25) is 0 Å². The van der Waals surface area contributed by atoms with Crippen LogP contribution in [-0.4, -0.2) is 39.9 Å². The van der Waals surface area contributed by atoms with Crippen LogP contribution in [-0.2, 0) is 14.3 Å². The molecule has 0 saturated carbocycles. The van der Waals surface area contributed by atoms with Crippen molar-refractivity contribution in [2.75, 3.05) is 0 Å². The minimum Gasteiger partial charge on any atom is -0.480 e. The van der Waals surface area contributed by atoms with Gasteiger partial charge in [-0.1, -0.05) is 0 Å². The van der Waals surface area contributed by atoms with Crippen molar-refractivity contribution in [1.82, 2.24) is 5.32 Å². The number of hydrogen-bond acceptors (Lipinski definition) is 3. The minimum atomic E-state index is -5.13. The molecule has 116 valence electrons. The summed E-state index contributed by atoms with van der Waals surface area (Å²) in [6.07, 6.45) is -5.63. The lowest BCUT2D eigenvalue weighted by atomic mass is 9.74. The number of carboxylic acid groups (broad SMARTS) is 1. The lowest BCUT2D eigenvalue weighted by Gasteiger charge is -2.50. The molecular weight excluding hydrogens is 279 g/mol. The second-order valence-electron chi connectivity index (χ2n) is 6.31. The number of amides is 1. The van der Waals surface area contributed by atoms with Gasteiger partial charge in [-0.2, -0.15) is 13.2 Å². The van der Waals surface area contributed by atoms with E-state index in [1.807, 2.05) is 0 Å². The van der Waals surface area contributed by atoms with Crippen molar-refractivity contribution in [1.29, 1.82) is 0 Å². The van der Waals surface area contributed by atoms with Crippen LogP contribution in [0.15, 0.2) is 0 Å². The average Bonchev–Trinajstić information content (AvgIpc) is 2.09. The first-order valence-corrected chi connectivity index (χ1v) is 6.02. The Bertz CT molecular complexity index is 413. The summed E-state index contributed by atoms with van der Waals surface area (Å²) < 4.78 is 42.8. The van der Waals surface area contributed by atoms with Gasteiger partial charge in [0.1, 0.15) is 5.54 Å². The fourth-order valence-corrected chi connectivity index (χ4v) is 2.92. The highest BCUT2D eigenvalue weighted by molar-refractivity contribution is 5.90. The molecule has 1 fully saturated rings. The molecule has 5 nitrogen and oxygen atoms in total. The van der Waals surface area contributed by atoms with Crippen LogP contribution in [0.1, 0.15) is 40.5 Å². The number of alkyl halides is 3. The average molecular weight is 297 g/mol. The third-order valence-electron chi connectivity index (χ3n) is 3.03. The molecule has 0 radical (unpaired) electrons. The van der Waals surface area contributed by atoms with Gasteiger partial charge in [0.05, 0.1) is 11.2 Å². The number of ether oxygens (including phenoxy) is 1. The Morgan fingerprint density at radius 2 is 1.50 bits per heavy atom. The first-order chi connectivity index (χ1) is 8.69. The first kappa shape index (κ1) is 16.7. The summed E-state index contributed by atoms with van der Waals surface area (Å²) in [6, 6.07) is 0. The van der Waals surface area contributed by atoms with Crippen LogP contribution in [0.2, 0.25) is 0 Å². The maximum atomic E-state index is 12.4. The second-order valence-corrected chi connectivity index (χ2v) is 6.31. The number of hydrogen-bond donors (Lipinski definition) is 2. The molecular formula is C12H18F3NO4. The van der Waals surface area contributed by atoms with E-state index in [9.17, 15) is 27.9 Å². The van der Waals surface area contributed by atoms with Crippen LogP contribution in [0.3, 0.4) is 0 Å². The van der Waals surface area contributed by atoms with Gasteiger partial charge in [-0.05, 0) is 27.7 Å². The molecule has 1 saturated heterocycles. The zero-order valence-corrected chi connectivity index (χ0v) is 11.7. The summed E-state index contributed by atoms with van der Waals surface area (Å²) in [5.41, 5.74) is -3.95. The Hall–Kier alpha value is -1.31. The molecule has 2 N–H and O–H groups in total. The lowest BCUT2D eigenvalue weighted by molar-refractivity contribution is -0.203. The highest BCUT2D eigenvalue weighted by Crippen LogP contribution is 2.41. The first-order valence-electron chi connectivity index (χ1n) is 6.02. The van der Waals surface area contributed by atoms with Crippen molar-refractivity contribution in [3.05, 3.63) is 0 Å². The fraction of sp³-hybridized carbons (Fsp3) is 0.833. The predicted molar refractivity (Wildman–Crippen MR) is 63.0 cm³/mol. The van der Waals surface area contributed by atoms with E-state index < -0.39 is 34.8 Å². The molecule has 1 aliphatic heterocycles. The predicted octanol–water partition coefficient (Wildman–Crippen LogP) is 1.86. The Morgan fingerprint density at radius 1 is 1.10 bits per heavy atom. The molecule has 0 unspecified atom stereocenters. The number of carboxylic acids is 1. The molecule has 1 amide bonds. The Balaban J connectivity index is 3.16. The normalized spacial score (nSPS) is 23.9. The van der Waals surface area contributed by atoms with Crippen molar-refractivity contribution in [3.8, 4) is 0 Å². The van der Waals surface area contributed by atoms with Crippen LogP contribution in [0.4, 0.5) is 13.2 Å². The van der Waals surface area contributed by atoms with E-state index in [0.717, 1.165) is 0 Å². The van der Waals surface area contributed by atoms with Crippen molar-refractivity contribution in [2.45, 2.75) is 63.5 Å². The van der Waals surface area contributed by atoms with E-state index in [2.05, 4.69) is 0 Å². The summed E-state index contributed by atoms with van der Waals surface area (Å²) in [6.45, 7) is 6.30. The lowest BCUT2D eigenvalue weighted by Crippen LogP contribution is -2.66. The molecule has 1 heterocycles. The van der Waals surface area contributed by atoms with Gasteiger partial charge in [-0.3, -0.25) is 4.79 Å². The smallest absolute Gasteiger partial charge is 0.471 e. The Morgan fingerprint density at radius 3 is 1.80 bits per heavy atom. The van der Waals surface area contributed by atoms with E-state index in [-0.39, 0.29) is 12.8 Å². The Labute approximate surface area is 114 Å². The highest BCUT2D eigenvalue weighted by Gasteiger charge is 2.56. The third-order valence-corrected chi connectivity index (χ3v) is 3.03. The number of halogens is 3. The molecule has 1 aliphatic rings. The van der Waals surface area contributed by atoms with E-state index in [1.165, 1.54) is 0 Å². The SMILES string of the molecule is CC1(C)CC(NC(=O)C(F)(F)F)(C(=O)O)CC(C)(C)O1. The van der Waals surface area contributed by atoms with Gasteiger partial charge < -0.3 is 15.2 Å².